The van der Waals surface area contributed by atoms with Crippen LogP contribution in [-0.4, -0.2) is 43.7 Å². The topological polar surface area (TPSA) is 44.4 Å². The summed E-state index contributed by atoms with van der Waals surface area (Å²) in [5, 5.41) is 5.89. The Morgan fingerprint density at radius 1 is 1.75 bits per heavy atom. The van der Waals surface area contributed by atoms with E-state index in [0.29, 0.717) is 0 Å². The summed E-state index contributed by atoms with van der Waals surface area (Å²) >= 11 is 0. The molecule has 0 aromatic carbocycles. The second-order valence-electron chi connectivity index (χ2n) is 2.71. The van der Waals surface area contributed by atoms with Gasteiger partial charge in [-0.05, 0) is 0 Å². The van der Waals surface area contributed by atoms with Crippen LogP contribution in [0.15, 0.2) is 12.7 Å². The zero-order valence-corrected chi connectivity index (χ0v) is 7.18. The molecule has 0 bridgehead atoms. The minimum absolute atomic E-state index is 0.0513. The molecule has 12 heavy (non-hydrogen) atoms. The summed E-state index contributed by atoms with van der Waals surface area (Å²) < 4.78 is 0. The maximum Gasteiger partial charge on any atom is 0.317 e. The molecule has 2 N–H and O–H groups in total. The Kier molecular flexibility index (Phi) is 3.60. The van der Waals surface area contributed by atoms with Gasteiger partial charge in [-0.25, -0.2) is 4.79 Å². The normalized spacial score (nSPS) is 16.3. The van der Waals surface area contributed by atoms with E-state index in [0.717, 1.165) is 32.7 Å². The molecule has 1 aliphatic rings. The fraction of sp³-hybridized carbons (Fsp3) is 0.625. The molecule has 4 heteroatoms. The molecule has 1 heterocycles. The van der Waals surface area contributed by atoms with Gasteiger partial charge in [-0.2, -0.15) is 0 Å². The maximum absolute atomic E-state index is 11.0. The van der Waals surface area contributed by atoms with E-state index >= 15 is 0 Å². The third-order valence-corrected chi connectivity index (χ3v) is 1.79. The Hall–Kier alpha value is -1.03. The molecule has 1 rings (SSSR count). The average Bonchev–Trinajstić information content (AvgIpc) is 2.46. The molecular formula is C8H15N3O. The van der Waals surface area contributed by atoms with E-state index in [2.05, 4.69) is 17.2 Å². The molecule has 1 aliphatic heterocycles. The number of nitrogens with zero attached hydrogens (tertiary/aromatic N) is 1. The molecular weight excluding hydrogens is 154 g/mol. The molecule has 0 saturated carbocycles. The molecule has 2 amide bonds. The number of hydrogen-bond acceptors (Lipinski definition) is 2. The highest BCUT2D eigenvalue weighted by atomic mass is 16.2. The Bertz CT molecular complexity index is 170. The minimum Gasteiger partial charge on any atom is -0.336 e. The van der Waals surface area contributed by atoms with Crippen LogP contribution in [0.4, 0.5) is 4.79 Å². The molecule has 68 valence electrons. The van der Waals surface area contributed by atoms with Gasteiger partial charge in [-0.15, -0.1) is 6.58 Å². The molecule has 1 saturated heterocycles. The first-order chi connectivity index (χ1) is 5.84. The number of carbonyl (C=O) groups excluding carboxylic acids is 1. The van der Waals surface area contributed by atoms with Crippen molar-refractivity contribution in [2.75, 3.05) is 32.7 Å². The SMILES string of the molecule is C=CCNCCN1CCNC1=O. The highest BCUT2D eigenvalue weighted by Gasteiger charge is 2.17. The number of rotatable bonds is 5. The number of urea groups is 1. The molecule has 0 aromatic heterocycles. The zero-order valence-electron chi connectivity index (χ0n) is 7.18. The molecule has 0 aliphatic carbocycles. The van der Waals surface area contributed by atoms with Crippen molar-refractivity contribution >= 4 is 6.03 Å². The van der Waals surface area contributed by atoms with Crippen molar-refractivity contribution in [3.63, 3.8) is 0 Å². The van der Waals surface area contributed by atoms with E-state index in [-0.39, 0.29) is 6.03 Å². The van der Waals surface area contributed by atoms with Gasteiger partial charge < -0.3 is 15.5 Å². The summed E-state index contributed by atoms with van der Waals surface area (Å²) in [6.07, 6.45) is 1.81. The first kappa shape index (κ1) is 9.06. The molecule has 1 fully saturated rings. The predicted octanol–water partition coefficient (Wildman–Crippen LogP) is -0.213. The molecule has 4 nitrogen and oxygen atoms in total. The fourth-order valence-electron chi connectivity index (χ4n) is 1.14. The molecule has 0 unspecified atom stereocenters. The number of nitrogens with one attached hydrogen (secondary N) is 2. The zero-order chi connectivity index (χ0) is 8.81. The van der Waals surface area contributed by atoms with E-state index in [4.69, 9.17) is 0 Å². The van der Waals surface area contributed by atoms with E-state index in [1.165, 1.54) is 0 Å². The highest BCUT2D eigenvalue weighted by molar-refractivity contribution is 5.76. The summed E-state index contributed by atoms with van der Waals surface area (Å²) in [7, 11) is 0. The average molecular weight is 169 g/mol. The Morgan fingerprint density at radius 3 is 3.17 bits per heavy atom. The van der Waals surface area contributed by atoms with Crippen LogP contribution in [0.25, 0.3) is 0 Å². The molecule has 0 aromatic rings. The number of amides is 2. The lowest BCUT2D eigenvalue weighted by Gasteiger charge is -2.13. The first-order valence-corrected chi connectivity index (χ1v) is 4.19. The van der Waals surface area contributed by atoms with Crippen LogP contribution in [-0.2, 0) is 0 Å². The first-order valence-electron chi connectivity index (χ1n) is 4.19. The van der Waals surface area contributed by atoms with Gasteiger partial charge in [0.05, 0.1) is 0 Å². The predicted molar refractivity (Wildman–Crippen MR) is 48.0 cm³/mol. The third-order valence-electron chi connectivity index (χ3n) is 1.79. The molecule has 0 atom stereocenters. The van der Waals surface area contributed by atoms with Crippen molar-refractivity contribution in [2.24, 2.45) is 0 Å². The lowest BCUT2D eigenvalue weighted by molar-refractivity contribution is 0.217. The highest BCUT2D eigenvalue weighted by Crippen LogP contribution is 1.93. The van der Waals surface area contributed by atoms with Crippen LogP contribution in [0.1, 0.15) is 0 Å². The van der Waals surface area contributed by atoms with Crippen LogP contribution < -0.4 is 10.6 Å². The second kappa shape index (κ2) is 4.77. The van der Waals surface area contributed by atoms with Crippen LogP contribution in [0.5, 0.6) is 0 Å². The summed E-state index contributed by atoms with van der Waals surface area (Å²) in [6, 6.07) is 0.0513. The lowest BCUT2D eigenvalue weighted by atomic mass is 10.5. The van der Waals surface area contributed by atoms with Crippen molar-refractivity contribution in [3.05, 3.63) is 12.7 Å². The van der Waals surface area contributed by atoms with Gasteiger partial charge in [0.15, 0.2) is 0 Å². The van der Waals surface area contributed by atoms with E-state index < -0.39 is 0 Å². The third kappa shape index (κ3) is 2.54. The van der Waals surface area contributed by atoms with Crippen molar-refractivity contribution in [1.29, 1.82) is 0 Å². The minimum atomic E-state index is 0.0513. The van der Waals surface area contributed by atoms with Crippen LogP contribution in [0.2, 0.25) is 0 Å². The van der Waals surface area contributed by atoms with Gasteiger partial charge in [0.2, 0.25) is 0 Å². The number of hydrogen-bond donors (Lipinski definition) is 2. The second-order valence-corrected chi connectivity index (χ2v) is 2.71. The maximum atomic E-state index is 11.0. The standard InChI is InChI=1S/C8H15N3O/c1-2-3-9-4-6-11-7-5-10-8(11)12/h2,9H,1,3-7H2,(H,10,12). The number of carbonyl (C=O) groups is 1. The summed E-state index contributed by atoms with van der Waals surface area (Å²) in [5.41, 5.74) is 0. The van der Waals surface area contributed by atoms with Gasteiger partial charge >= 0.3 is 6.03 Å². The monoisotopic (exact) mass is 169 g/mol. The Labute approximate surface area is 72.6 Å². The van der Waals surface area contributed by atoms with Crippen molar-refractivity contribution in [1.82, 2.24) is 15.5 Å². The van der Waals surface area contributed by atoms with Crippen molar-refractivity contribution in [2.45, 2.75) is 0 Å². The molecule has 0 spiro atoms. The summed E-state index contributed by atoms with van der Waals surface area (Å²) in [4.78, 5) is 12.8. The van der Waals surface area contributed by atoms with Crippen molar-refractivity contribution in [3.8, 4) is 0 Å². The lowest BCUT2D eigenvalue weighted by Crippen LogP contribution is -2.34. The van der Waals surface area contributed by atoms with E-state index in [9.17, 15) is 4.79 Å². The Morgan fingerprint density at radius 2 is 2.58 bits per heavy atom. The summed E-state index contributed by atoms with van der Waals surface area (Å²) in [5.74, 6) is 0. The van der Waals surface area contributed by atoms with Crippen LogP contribution >= 0.6 is 0 Å². The summed E-state index contributed by atoms with van der Waals surface area (Å²) in [6.45, 7) is 7.61. The van der Waals surface area contributed by atoms with E-state index in [1.54, 1.807) is 4.90 Å². The van der Waals surface area contributed by atoms with Gasteiger partial charge in [-0.1, -0.05) is 6.08 Å². The van der Waals surface area contributed by atoms with Crippen molar-refractivity contribution < 1.29 is 4.79 Å². The quantitative estimate of drug-likeness (QED) is 0.442. The van der Waals surface area contributed by atoms with Crippen LogP contribution in [0, 0.1) is 0 Å². The molecule has 0 radical (unpaired) electrons. The van der Waals surface area contributed by atoms with Gasteiger partial charge in [-0.3, -0.25) is 0 Å². The van der Waals surface area contributed by atoms with Gasteiger partial charge in [0, 0.05) is 32.7 Å². The van der Waals surface area contributed by atoms with Gasteiger partial charge in [0.1, 0.15) is 0 Å². The van der Waals surface area contributed by atoms with Gasteiger partial charge in [0.25, 0.3) is 0 Å². The largest absolute Gasteiger partial charge is 0.336 e. The smallest absolute Gasteiger partial charge is 0.317 e. The fourth-order valence-corrected chi connectivity index (χ4v) is 1.14. The Balaban J connectivity index is 2.06. The van der Waals surface area contributed by atoms with Crippen LogP contribution in [0.3, 0.4) is 0 Å². The van der Waals surface area contributed by atoms with E-state index in [1.807, 2.05) is 6.08 Å².